The van der Waals surface area contributed by atoms with E-state index in [0.29, 0.717) is 5.57 Å². The van der Waals surface area contributed by atoms with Crippen molar-refractivity contribution in [2.45, 2.75) is 46.8 Å². The first-order chi connectivity index (χ1) is 13.8. The Morgan fingerprint density at radius 2 is 1.28 bits per heavy atom. The summed E-state index contributed by atoms with van der Waals surface area (Å²) in [6.45, 7) is 9.72. The summed E-state index contributed by atoms with van der Waals surface area (Å²) in [5.74, 6) is 0.798. The average Bonchev–Trinajstić information content (AvgIpc) is 2.67. The van der Waals surface area contributed by atoms with Gasteiger partial charge in [0.1, 0.15) is 23.1 Å². The number of ether oxygens (including phenoxy) is 3. The molecule has 2 rings (SSSR count). The van der Waals surface area contributed by atoms with Gasteiger partial charge in [-0.25, -0.2) is 4.79 Å². The molecule has 0 N–H and O–H groups in total. The average molecular weight is 393 g/mol. The minimum atomic E-state index is -0.644. The quantitative estimate of drug-likeness (QED) is 0.352. The van der Waals surface area contributed by atoms with Crippen LogP contribution < -0.4 is 9.47 Å². The predicted octanol–water partition coefficient (Wildman–Crippen LogP) is 5.15. The van der Waals surface area contributed by atoms with Crippen LogP contribution in [0.1, 0.15) is 45.7 Å². The molecule has 0 saturated carbocycles. The molecule has 0 spiro atoms. The van der Waals surface area contributed by atoms with Gasteiger partial charge in [-0.3, -0.25) is 0 Å². The highest BCUT2D eigenvalue weighted by molar-refractivity contribution is 6.05. The first-order valence-corrected chi connectivity index (χ1v) is 9.71. The number of nitriles is 1. The lowest BCUT2D eigenvalue weighted by Gasteiger charge is -2.15. The Balaban J connectivity index is 2.54. The van der Waals surface area contributed by atoms with Gasteiger partial charge in [0.15, 0.2) is 0 Å². The maximum absolute atomic E-state index is 12.4. The first-order valence-electron chi connectivity index (χ1n) is 9.71. The normalized spacial score (nSPS) is 10.4. The van der Waals surface area contributed by atoms with Crippen molar-refractivity contribution in [2.75, 3.05) is 6.61 Å². The molecule has 0 heterocycles. The van der Waals surface area contributed by atoms with Crippen molar-refractivity contribution in [1.29, 1.82) is 5.26 Å². The van der Waals surface area contributed by atoms with Crippen molar-refractivity contribution < 1.29 is 19.0 Å². The Morgan fingerprint density at radius 1 is 0.862 bits per heavy atom. The fourth-order valence-electron chi connectivity index (χ4n) is 2.81. The van der Waals surface area contributed by atoms with E-state index in [1.165, 1.54) is 0 Å². The van der Waals surface area contributed by atoms with Gasteiger partial charge in [-0.1, -0.05) is 24.3 Å². The van der Waals surface area contributed by atoms with Crippen LogP contribution in [0.3, 0.4) is 0 Å². The molecule has 0 saturated heterocycles. The molecule has 152 valence electrons. The van der Waals surface area contributed by atoms with Gasteiger partial charge in [0.25, 0.3) is 0 Å². The molecule has 5 heteroatoms. The third-order valence-corrected chi connectivity index (χ3v) is 3.87. The van der Waals surface area contributed by atoms with Crippen molar-refractivity contribution >= 4 is 11.5 Å². The smallest absolute Gasteiger partial charge is 0.349 e. The molecule has 0 aliphatic rings. The van der Waals surface area contributed by atoms with Gasteiger partial charge in [0.05, 0.1) is 18.8 Å². The van der Waals surface area contributed by atoms with Crippen molar-refractivity contribution in [3.8, 4) is 17.6 Å². The number of hydrogen-bond donors (Lipinski definition) is 0. The van der Waals surface area contributed by atoms with Crippen molar-refractivity contribution in [3.05, 3.63) is 65.2 Å². The standard InChI is InChI=1S/C24H27NO4/c1-6-27-24(26)22(15-25)23(18-7-11-20(12-8-18)28-16(2)3)19-9-13-21(14-10-19)29-17(4)5/h7-14,16-17H,6H2,1-5H3. The lowest BCUT2D eigenvalue weighted by atomic mass is 9.93. The van der Waals surface area contributed by atoms with E-state index in [2.05, 4.69) is 0 Å². The molecule has 0 amide bonds. The van der Waals surface area contributed by atoms with Crippen LogP contribution in [-0.4, -0.2) is 24.8 Å². The summed E-state index contributed by atoms with van der Waals surface area (Å²) in [7, 11) is 0. The van der Waals surface area contributed by atoms with Gasteiger partial charge in [-0.2, -0.15) is 5.26 Å². The monoisotopic (exact) mass is 393 g/mol. The number of hydrogen-bond acceptors (Lipinski definition) is 5. The lowest BCUT2D eigenvalue weighted by Crippen LogP contribution is -2.10. The van der Waals surface area contributed by atoms with E-state index in [1.807, 2.05) is 82.3 Å². The van der Waals surface area contributed by atoms with E-state index in [0.717, 1.165) is 22.6 Å². The zero-order valence-electron chi connectivity index (χ0n) is 17.6. The van der Waals surface area contributed by atoms with E-state index >= 15 is 0 Å². The number of nitrogens with zero attached hydrogens (tertiary/aromatic N) is 1. The van der Waals surface area contributed by atoms with Crippen molar-refractivity contribution in [3.63, 3.8) is 0 Å². The molecular weight excluding hydrogens is 366 g/mol. The molecule has 29 heavy (non-hydrogen) atoms. The molecule has 5 nitrogen and oxygen atoms in total. The molecule has 0 atom stereocenters. The summed E-state index contributed by atoms with van der Waals surface area (Å²) in [6.07, 6.45) is 0.108. The van der Waals surface area contributed by atoms with Crippen molar-refractivity contribution in [2.24, 2.45) is 0 Å². The zero-order valence-corrected chi connectivity index (χ0v) is 17.6. The fourth-order valence-corrected chi connectivity index (χ4v) is 2.81. The number of carbonyl (C=O) groups is 1. The topological polar surface area (TPSA) is 68.6 Å². The highest BCUT2D eigenvalue weighted by Gasteiger charge is 2.20. The summed E-state index contributed by atoms with van der Waals surface area (Å²) in [6, 6.07) is 16.7. The molecule has 0 aliphatic heterocycles. The molecule has 0 aromatic heterocycles. The van der Waals surface area contributed by atoms with Gasteiger partial charge in [0.2, 0.25) is 0 Å². The van der Waals surface area contributed by atoms with Crippen LogP contribution in [0.25, 0.3) is 5.57 Å². The van der Waals surface area contributed by atoms with Gasteiger partial charge in [0, 0.05) is 5.57 Å². The second-order valence-electron chi connectivity index (χ2n) is 6.96. The highest BCUT2D eigenvalue weighted by Crippen LogP contribution is 2.30. The van der Waals surface area contributed by atoms with E-state index in [1.54, 1.807) is 6.92 Å². The Hall–Kier alpha value is -3.26. The number of carbonyl (C=O) groups excluding carboxylic acids is 1. The maximum Gasteiger partial charge on any atom is 0.349 e. The van der Waals surface area contributed by atoms with E-state index in [9.17, 15) is 10.1 Å². The van der Waals surface area contributed by atoms with Gasteiger partial charge in [-0.15, -0.1) is 0 Å². The predicted molar refractivity (Wildman–Crippen MR) is 113 cm³/mol. The Bertz CT molecular complexity index is 832. The Kier molecular flexibility index (Phi) is 7.85. The maximum atomic E-state index is 12.4. The van der Waals surface area contributed by atoms with E-state index in [-0.39, 0.29) is 24.4 Å². The summed E-state index contributed by atoms with van der Waals surface area (Å²) >= 11 is 0. The van der Waals surface area contributed by atoms with E-state index in [4.69, 9.17) is 14.2 Å². The second kappa shape index (κ2) is 10.3. The second-order valence-corrected chi connectivity index (χ2v) is 6.96. The fraction of sp³-hybridized carbons (Fsp3) is 0.333. The molecule has 2 aromatic carbocycles. The largest absolute Gasteiger partial charge is 0.491 e. The van der Waals surface area contributed by atoms with Gasteiger partial charge < -0.3 is 14.2 Å². The number of esters is 1. The third-order valence-electron chi connectivity index (χ3n) is 3.87. The number of benzene rings is 2. The van der Waals surface area contributed by atoms with Crippen LogP contribution in [-0.2, 0) is 9.53 Å². The van der Waals surface area contributed by atoms with Gasteiger partial charge >= 0.3 is 5.97 Å². The van der Waals surface area contributed by atoms with Crippen molar-refractivity contribution in [1.82, 2.24) is 0 Å². The highest BCUT2D eigenvalue weighted by atomic mass is 16.5. The number of rotatable bonds is 8. The zero-order chi connectivity index (χ0) is 21.4. The van der Waals surface area contributed by atoms with Crippen LogP contribution in [0.4, 0.5) is 0 Å². The van der Waals surface area contributed by atoms with Crippen LogP contribution in [0, 0.1) is 11.3 Å². The SMILES string of the molecule is CCOC(=O)C(C#N)=C(c1ccc(OC(C)C)cc1)c1ccc(OC(C)C)cc1. The minimum Gasteiger partial charge on any atom is -0.491 e. The molecule has 0 radical (unpaired) electrons. The summed E-state index contributed by atoms with van der Waals surface area (Å²) in [5, 5.41) is 9.71. The van der Waals surface area contributed by atoms with E-state index < -0.39 is 5.97 Å². The lowest BCUT2D eigenvalue weighted by molar-refractivity contribution is -0.137. The molecular formula is C24H27NO4. The summed E-state index contributed by atoms with van der Waals surface area (Å²) < 4.78 is 16.5. The van der Waals surface area contributed by atoms with Crippen LogP contribution >= 0.6 is 0 Å². The Labute approximate surface area is 172 Å². The molecule has 0 aliphatic carbocycles. The minimum absolute atomic E-state index is 0.0399. The Morgan fingerprint density at radius 3 is 1.59 bits per heavy atom. The molecule has 0 unspecified atom stereocenters. The molecule has 2 aromatic rings. The van der Waals surface area contributed by atoms with Crippen LogP contribution in [0.5, 0.6) is 11.5 Å². The third kappa shape index (κ3) is 6.11. The molecule has 0 bridgehead atoms. The first kappa shape index (κ1) is 22.0. The summed E-state index contributed by atoms with van der Waals surface area (Å²) in [4.78, 5) is 12.4. The van der Waals surface area contributed by atoms with Gasteiger partial charge in [-0.05, 0) is 70.0 Å². The summed E-state index contributed by atoms with van der Waals surface area (Å²) in [5.41, 5.74) is 1.92. The van der Waals surface area contributed by atoms with Crippen LogP contribution in [0.2, 0.25) is 0 Å². The van der Waals surface area contributed by atoms with Crippen LogP contribution in [0.15, 0.2) is 54.1 Å². The molecule has 0 fully saturated rings.